The Morgan fingerprint density at radius 3 is 2.41 bits per heavy atom. The summed E-state index contributed by atoms with van der Waals surface area (Å²) in [6.07, 6.45) is 0.797. The minimum absolute atomic E-state index is 0.212. The van der Waals surface area contributed by atoms with Crippen LogP contribution in [-0.4, -0.2) is 11.9 Å². The Bertz CT molecular complexity index is 1030. The van der Waals surface area contributed by atoms with Gasteiger partial charge in [0, 0.05) is 22.7 Å². The van der Waals surface area contributed by atoms with Gasteiger partial charge in [-0.15, -0.1) is 0 Å². The second-order valence-electron chi connectivity index (χ2n) is 6.90. The summed E-state index contributed by atoms with van der Waals surface area (Å²) in [6.45, 7) is 3.96. The molecule has 3 aromatic carbocycles. The molecule has 5 heteroatoms. The van der Waals surface area contributed by atoms with Crippen molar-refractivity contribution in [2.75, 3.05) is 5.32 Å². The van der Waals surface area contributed by atoms with Crippen LogP contribution < -0.4 is 10.1 Å². The molecule has 0 atom stereocenters. The monoisotopic (exact) mass is 407 g/mol. The lowest BCUT2D eigenvalue weighted by Crippen LogP contribution is -2.13. The van der Waals surface area contributed by atoms with Crippen LogP contribution >= 0.6 is 11.6 Å². The normalized spacial score (nSPS) is 10.4. The van der Waals surface area contributed by atoms with Crippen LogP contribution in [0.15, 0.2) is 66.7 Å². The summed E-state index contributed by atoms with van der Waals surface area (Å²) in [5, 5.41) is 3.54. The second-order valence-corrected chi connectivity index (χ2v) is 7.34. The van der Waals surface area contributed by atoms with Crippen LogP contribution in [0.3, 0.4) is 0 Å². The van der Waals surface area contributed by atoms with E-state index in [1.54, 1.807) is 30.3 Å². The Kier molecular flexibility index (Phi) is 6.68. The number of carbonyl (C=O) groups is 2. The van der Waals surface area contributed by atoms with Gasteiger partial charge in [-0.05, 0) is 73.9 Å². The standard InChI is InChI=1S/C24H22ClNO3/c1-16-6-12-22(17(2)14-16)26-24(28)19-8-10-21(11-9-19)29-23(27)13-7-18-4-3-5-20(25)15-18/h3-6,8-12,14-15H,7,13H2,1-2H3,(H,26,28). The van der Waals surface area contributed by atoms with Gasteiger partial charge < -0.3 is 10.1 Å². The summed E-state index contributed by atoms with van der Waals surface area (Å²) in [6, 6.07) is 19.8. The lowest BCUT2D eigenvalue weighted by molar-refractivity contribution is -0.134. The number of amides is 1. The van der Waals surface area contributed by atoms with Crippen LogP contribution in [0.1, 0.15) is 33.5 Å². The van der Waals surface area contributed by atoms with E-state index in [4.69, 9.17) is 16.3 Å². The molecule has 0 aromatic heterocycles. The molecule has 0 aliphatic rings. The fraction of sp³-hybridized carbons (Fsp3) is 0.167. The number of hydrogen-bond acceptors (Lipinski definition) is 3. The SMILES string of the molecule is Cc1ccc(NC(=O)c2ccc(OC(=O)CCc3cccc(Cl)c3)cc2)c(C)c1. The van der Waals surface area contributed by atoms with Gasteiger partial charge in [-0.25, -0.2) is 0 Å². The molecule has 0 fully saturated rings. The summed E-state index contributed by atoms with van der Waals surface area (Å²) < 4.78 is 5.35. The van der Waals surface area contributed by atoms with Crippen molar-refractivity contribution in [1.29, 1.82) is 0 Å². The molecule has 1 N–H and O–H groups in total. The molecule has 0 aliphatic carbocycles. The van der Waals surface area contributed by atoms with Crippen molar-refractivity contribution < 1.29 is 14.3 Å². The number of esters is 1. The first kappa shape index (κ1) is 20.6. The number of benzene rings is 3. The quantitative estimate of drug-likeness (QED) is 0.418. The highest BCUT2D eigenvalue weighted by Gasteiger charge is 2.10. The molecule has 29 heavy (non-hydrogen) atoms. The molecule has 0 aliphatic heterocycles. The number of anilines is 1. The number of rotatable bonds is 6. The average Bonchev–Trinajstić information content (AvgIpc) is 2.69. The van der Waals surface area contributed by atoms with E-state index in [0.717, 1.165) is 22.4 Å². The van der Waals surface area contributed by atoms with E-state index in [1.807, 2.05) is 50.2 Å². The zero-order valence-electron chi connectivity index (χ0n) is 16.4. The molecular weight excluding hydrogens is 386 g/mol. The van der Waals surface area contributed by atoms with Gasteiger partial charge in [0.05, 0.1) is 0 Å². The van der Waals surface area contributed by atoms with E-state index < -0.39 is 0 Å². The van der Waals surface area contributed by atoms with Crippen molar-refractivity contribution in [3.05, 3.63) is 94.0 Å². The fourth-order valence-electron chi connectivity index (χ4n) is 2.94. The van der Waals surface area contributed by atoms with Gasteiger partial charge in [-0.3, -0.25) is 9.59 Å². The Hall–Kier alpha value is -3.11. The molecule has 3 aromatic rings. The van der Waals surface area contributed by atoms with E-state index in [1.165, 1.54) is 0 Å². The van der Waals surface area contributed by atoms with Crippen LogP contribution in [0.25, 0.3) is 0 Å². The second kappa shape index (κ2) is 9.39. The first-order valence-electron chi connectivity index (χ1n) is 9.34. The molecule has 0 heterocycles. The van der Waals surface area contributed by atoms with Crippen molar-refractivity contribution in [2.45, 2.75) is 26.7 Å². The molecular formula is C24H22ClNO3. The zero-order chi connectivity index (χ0) is 20.8. The largest absolute Gasteiger partial charge is 0.427 e. The van der Waals surface area contributed by atoms with E-state index in [0.29, 0.717) is 22.8 Å². The third kappa shape index (κ3) is 5.93. The lowest BCUT2D eigenvalue weighted by atomic mass is 10.1. The molecule has 0 saturated heterocycles. The molecule has 0 saturated carbocycles. The van der Waals surface area contributed by atoms with Crippen LogP contribution in [0.2, 0.25) is 5.02 Å². The molecule has 0 spiro atoms. The van der Waals surface area contributed by atoms with Gasteiger partial charge in [0.1, 0.15) is 5.75 Å². The maximum atomic E-state index is 12.4. The number of carbonyl (C=O) groups excluding carboxylic acids is 2. The van der Waals surface area contributed by atoms with Crippen molar-refractivity contribution in [3.8, 4) is 5.75 Å². The third-order valence-electron chi connectivity index (χ3n) is 4.49. The summed E-state index contributed by atoms with van der Waals surface area (Å²) in [4.78, 5) is 24.5. The fourth-order valence-corrected chi connectivity index (χ4v) is 3.16. The van der Waals surface area contributed by atoms with Crippen LogP contribution in [0.4, 0.5) is 5.69 Å². The van der Waals surface area contributed by atoms with Crippen LogP contribution in [0, 0.1) is 13.8 Å². The Labute approximate surface area is 175 Å². The number of halogens is 1. The van der Waals surface area contributed by atoms with Gasteiger partial charge in [0.25, 0.3) is 5.91 Å². The van der Waals surface area contributed by atoms with E-state index in [2.05, 4.69) is 5.32 Å². The molecule has 3 rings (SSSR count). The molecule has 4 nitrogen and oxygen atoms in total. The predicted molar refractivity (Wildman–Crippen MR) is 116 cm³/mol. The Morgan fingerprint density at radius 2 is 1.72 bits per heavy atom. The van der Waals surface area contributed by atoms with Gasteiger partial charge in [0.2, 0.25) is 0 Å². The minimum atomic E-state index is -0.336. The zero-order valence-corrected chi connectivity index (χ0v) is 17.1. The van der Waals surface area contributed by atoms with Crippen molar-refractivity contribution in [1.82, 2.24) is 0 Å². The molecule has 148 valence electrons. The van der Waals surface area contributed by atoms with Crippen LogP contribution in [-0.2, 0) is 11.2 Å². The third-order valence-corrected chi connectivity index (χ3v) is 4.72. The average molecular weight is 408 g/mol. The highest BCUT2D eigenvalue weighted by molar-refractivity contribution is 6.30. The summed E-state index contributed by atoms with van der Waals surface area (Å²) in [7, 11) is 0. The van der Waals surface area contributed by atoms with Gasteiger partial charge in [-0.1, -0.05) is 41.4 Å². The van der Waals surface area contributed by atoms with Crippen molar-refractivity contribution in [2.24, 2.45) is 0 Å². The van der Waals surface area contributed by atoms with Gasteiger partial charge in [0.15, 0.2) is 0 Å². The molecule has 0 unspecified atom stereocenters. The van der Waals surface area contributed by atoms with Crippen molar-refractivity contribution in [3.63, 3.8) is 0 Å². The highest BCUT2D eigenvalue weighted by atomic mass is 35.5. The van der Waals surface area contributed by atoms with Gasteiger partial charge >= 0.3 is 5.97 Å². The number of nitrogens with one attached hydrogen (secondary N) is 1. The highest BCUT2D eigenvalue weighted by Crippen LogP contribution is 2.19. The summed E-state index contributed by atoms with van der Waals surface area (Å²) in [5.74, 6) is -0.141. The number of hydrogen-bond donors (Lipinski definition) is 1. The van der Waals surface area contributed by atoms with E-state index in [9.17, 15) is 9.59 Å². The first-order chi connectivity index (χ1) is 13.9. The number of aryl methyl sites for hydroxylation is 3. The Balaban J connectivity index is 1.55. The summed E-state index contributed by atoms with van der Waals surface area (Å²) in [5.41, 5.74) is 4.39. The predicted octanol–water partition coefficient (Wildman–Crippen LogP) is 5.75. The topological polar surface area (TPSA) is 55.4 Å². The molecule has 0 bridgehead atoms. The van der Waals surface area contributed by atoms with Gasteiger partial charge in [-0.2, -0.15) is 0 Å². The van der Waals surface area contributed by atoms with Crippen LogP contribution in [0.5, 0.6) is 5.75 Å². The maximum Gasteiger partial charge on any atom is 0.311 e. The molecule has 1 amide bonds. The minimum Gasteiger partial charge on any atom is -0.427 e. The van der Waals surface area contributed by atoms with E-state index in [-0.39, 0.29) is 18.3 Å². The smallest absolute Gasteiger partial charge is 0.311 e. The lowest BCUT2D eigenvalue weighted by Gasteiger charge is -2.10. The maximum absolute atomic E-state index is 12.4. The van der Waals surface area contributed by atoms with E-state index >= 15 is 0 Å². The number of ether oxygens (including phenoxy) is 1. The molecule has 0 radical (unpaired) electrons. The summed E-state index contributed by atoms with van der Waals surface area (Å²) >= 11 is 5.95. The van der Waals surface area contributed by atoms with Crippen molar-refractivity contribution >= 4 is 29.2 Å². The Morgan fingerprint density at radius 1 is 0.966 bits per heavy atom. The first-order valence-corrected chi connectivity index (χ1v) is 9.72.